The molecule has 1 aromatic carbocycles. The number of amides is 2. The van der Waals surface area contributed by atoms with Crippen LogP contribution in [0.2, 0.25) is 0 Å². The number of nitrogens with zero attached hydrogens (tertiary/aromatic N) is 2. The molecule has 1 fully saturated rings. The number of ketones is 1. The summed E-state index contributed by atoms with van der Waals surface area (Å²) in [6, 6.07) is 9.81. The van der Waals surface area contributed by atoms with Crippen molar-refractivity contribution in [2.45, 2.75) is 40.0 Å². The van der Waals surface area contributed by atoms with Crippen molar-refractivity contribution in [2.75, 3.05) is 13.2 Å². The predicted molar refractivity (Wildman–Crippen MR) is 122 cm³/mol. The second kappa shape index (κ2) is 9.17. The van der Waals surface area contributed by atoms with Crippen LogP contribution in [0.4, 0.5) is 0 Å². The van der Waals surface area contributed by atoms with Gasteiger partial charge in [-0.2, -0.15) is 0 Å². The summed E-state index contributed by atoms with van der Waals surface area (Å²) >= 11 is 0. The van der Waals surface area contributed by atoms with Gasteiger partial charge < -0.3 is 9.30 Å². The number of ether oxygens (including phenoxy) is 1. The molecule has 2 heterocycles. The Morgan fingerprint density at radius 1 is 0.970 bits per heavy atom. The lowest BCUT2D eigenvalue weighted by atomic mass is 9.85. The number of hydrogen-bond donors (Lipinski definition) is 0. The summed E-state index contributed by atoms with van der Waals surface area (Å²) in [5.74, 6) is -1.97. The fourth-order valence-corrected chi connectivity index (χ4v) is 4.72. The molecule has 7 heteroatoms. The van der Waals surface area contributed by atoms with Gasteiger partial charge in [-0.1, -0.05) is 29.8 Å². The molecule has 1 saturated heterocycles. The van der Waals surface area contributed by atoms with E-state index in [-0.39, 0.29) is 49.0 Å². The van der Waals surface area contributed by atoms with Gasteiger partial charge in [0, 0.05) is 29.2 Å². The first-order valence-corrected chi connectivity index (χ1v) is 11.2. The number of aromatic nitrogens is 1. The number of hydrogen-bond acceptors (Lipinski definition) is 5. The van der Waals surface area contributed by atoms with Gasteiger partial charge in [0.15, 0.2) is 6.61 Å². The summed E-state index contributed by atoms with van der Waals surface area (Å²) in [6.45, 7) is 5.41. The first-order chi connectivity index (χ1) is 15.8. The van der Waals surface area contributed by atoms with E-state index < -0.39 is 5.97 Å². The molecule has 172 valence electrons. The summed E-state index contributed by atoms with van der Waals surface area (Å²) in [4.78, 5) is 51.1. The monoisotopic (exact) mass is 448 g/mol. The summed E-state index contributed by atoms with van der Waals surface area (Å²) in [6.07, 6.45) is 4.84. The lowest BCUT2D eigenvalue weighted by Crippen LogP contribution is -2.33. The molecule has 0 spiro atoms. The molecule has 2 aromatic rings. The molecule has 0 bridgehead atoms. The second-order valence-corrected chi connectivity index (χ2v) is 8.77. The van der Waals surface area contributed by atoms with Crippen LogP contribution >= 0.6 is 0 Å². The van der Waals surface area contributed by atoms with Crippen molar-refractivity contribution in [2.24, 2.45) is 11.8 Å². The average molecular weight is 449 g/mol. The highest BCUT2D eigenvalue weighted by Crippen LogP contribution is 2.35. The molecule has 4 rings (SSSR count). The van der Waals surface area contributed by atoms with Crippen LogP contribution in [-0.2, 0) is 19.1 Å². The third kappa shape index (κ3) is 4.40. The molecule has 1 aliphatic carbocycles. The van der Waals surface area contributed by atoms with E-state index in [0.717, 1.165) is 22.6 Å². The SMILES string of the molecule is Cc1ccc(-n2c(C)cc(C(=O)COC(=O)CCN3C(=O)[C@H]4CC=CC[C@H]4C3=O)c2C)cc1. The van der Waals surface area contributed by atoms with Crippen LogP contribution < -0.4 is 0 Å². The summed E-state index contributed by atoms with van der Waals surface area (Å²) in [5.41, 5.74) is 4.30. The smallest absolute Gasteiger partial charge is 0.308 e. The minimum Gasteiger partial charge on any atom is -0.457 e. The van der Waals surface area contributed by atoms with Crippen LogP contribution in [0.3, 0.4) is 0 Å². The first kappa shape index (κ1) is 22.7. The van der Waals surface area contributed by atoms with Crippen LogP contribution in [0.25, 0.3) is 5.69 Å². The average Bonchev–Trinajstić information content (AvgIpc) is 3.24. The van der Waals surface area contributed by atoms with Crippen molar-refractivity contribution in [3.8, 4) is 5.69 Å². The van der Waals surface area contributed by atoms with Crippen LogP contribution in [-0.4, -0.2) is 46.2 Å². The number of rotatable bonds is 7. The normalized spacial score (nSPS) is 19.7. The molecule has 1 aliphatic heterocycles. The highest BCUT2D eigenvalue weighted by molar-refractivity contribution is 6.05. The highest BCUT2D eigenvalue weighted by atomic mass is 16.5. The molecule has 0 N–H and O–H groups in total. The van der Waals surface area contributed by atoms with Gasteiger partial charge >= 0.3 is 5.97 Å². The Morgan fingerprint density at radius 3 is 2.18 bits per heavy atom. The Balaban J connectivity index is 1.33. The quantitative estimate of drug-likeness (QED) is 0.280. The lowest BCUT2D eigenvalue weighted by Gasteiger charge is -2.14. The van der Waals surface area contributed by atoms with E-state index in [1.807, 2.05) is 61.8 Å². The Morgan fingerprint density at radius 2 is 1.58 bits per heavy atom. The standard InChI is InChI=1S/C26H28N2O5/c1-16-8-10-19(11-9-16)28-17(2)14-22(18(28)3)23(29)15-33-24(30)12-13-27-25(31)20-6-4-5-7-21(20)26(27)32/h4-5,8-11,14,20-21H,6-7,12-13,15H2,1-3H3/t20-,21+. The lowest BCUT2D eigenvalue weighted by molar-refractivity contribution is -0.145. The Hall–Kier alpha value is -3.48. The minimum absolute atomic E-state index is 0.0143. The summed E-state index contributed by atoms with van der Waals surface area (Å²) in [5, 5.41) is 0. The van der Waals surface area contributed by atoms with E-state index in [9.17, 15) is 19.2 Å². The number of aryl methyl sites for hydroxylation is 2. The number of allylic oxidation sites excluding steroid dienone is 2. The number of fused-ring (bicyclic) bond motifs is 1. The Labute approximate surface area is 193 Å². The van der Waals surface area contributed by atoms with Gasteiger partial charge in [-0.3, -0.25) is 24.1 Å². The predicted octanol–water partition coefficient (Wildman–Crippen LogP) is 3.47. The van der Waals surface area contributed by atoms with E-state index in [2.05, 4.69) is 0 Å². The van der Waals surface area contributed by atoms with Crippen LogP contribution in [0.15, 0.2) is 42.5 Å². The van der Waals surface area contributed by atoms with Gasteiger partial charge in [0.25, 0.3) is 0 Å². The Bertz CT molecular complexity index is 1120. The third-order valence-corrected chi connectivity index (χ3v) is 6.53. The maximum atomic E-state index is 12.7. The fraction of sp³-hybridized carbons (Fsp3) is 0.385. The summed E-state index contributed by atoms with van der Waals surface area (Å²) < 4.78 is 7.17. The largest absolute Gasteiger partial charge is 0.457 e. The van der Waals surface area contributed by atoms with Gasteiger partial charge in [-0.25, -0.2) is 0 Å². The van der Waals surface area contributed by atoms with Gasteiger partial charge in [0.1, 0.15) is 0 Å². The number of imide groups is 1. The number of carbonyl (C=O) groups excluding carboxylic acids is 4. The molecule has 2 amide bonds. The van der Waals surface area contributed by atoms with Crippen molar-refractivity contribution in [3.63, 3.8) is 0 Å². The van der Waals surface area contributed by atoms with Crippen LogP contribution in [0.1, 0.15) is 46.6 Å². The minimum atomic E-state index is -0.607. The Kier molecular flexibility index (Phi) is 6.31. The van der Waals surface area contributed by atoms with Crippen LogP contribution in [0, 0.1) is 32.6 Å². The molecule has 7 nitrogen and oxygen atoms in total. The zero-order valence-electron chi connectivity index (χ0n) is 19.2. The number of likely N-dealkylation sites (tertiary alicyclic amines) is 1. The zero-order valence-corrected chi connectivity index (χ0v) is 19.2. The first-order valence-electron chi connectivity index (χ1n) is 11.2. The number of Topliss-reactive ketones (excluding diaryl/α,β-unsaturated/α-hetero) is 1. The van der Waals surface area contributed by atoms with E-state index in [1.54, 1.807) is 6.07 Å². The van der Waals surface area contributed by atoms with E-state index in [4.69, 9.17) is 4.74 Å². The van der Waals surface area contributed by atoms with Crippen molar-refractivity contribution < 1.29 is 23.9 Å². The molecule has 0 saturated carbocycles. The molecule has 0 unspecified atom stereocenters. The molecule has 2 atom stereocenters. The van der Waals surface area contributed by atoms with Gasteiger partial charge in [0.05, 0.1) is 18.3 Å². The molecule has 0 radical (unpaired) electrons. The topological polar surface area (TPSA) is 85.7 Å². The van der Waals surface area contributed by atoms with Gasteiger partial charge in [0.2, 0.25) is 17.6 Å². The van der Waals surface area contributed by atoms with Gasteiger partial charge in [-0.15, -0.1) is 0 Å². The molecule has 1 aromatic heterocycles. The summed E-state index contributed by atoms with van der Waals surface area (Å²) in [7, 11) is 0. The highest BCUT2D eigenvalue weighted by Gasteiger charge is 2.46. The van der Waals surface area contributed by atoms with E-state index >= 15 is 0 Å². The molecular formula is C26H28N2O5. The third-order valence-electron chi connectivity index (χ3n) is 6.53. The number of benzene rings is 1. The van der Waals surface area contributed by atoms with E-state index in [1.165, 1.54) is 4.90 Å². The van der Waals surface area contributed by atoms with Crippen LogP contribution in [0.5, 0.6) is 0 Å². The molecule has 2 aliphatic rings. The maximum Gasteiger partial charge on any atom is 0.308 e. The van der Waals surface area contributed by atoms with Crippen molar-refractivity contribution >= 4 is 23.6 Å². The van der Waals surface area contributed by atoms with E-state index in [0.29, 0.717) is 18.4 Å². The van der Waals surface area contributed by atoms with Crippen molar-refractivity contribution in [1.82, 2.24) is 9.47 Å². The van der Waals surface area contributed by atoms with Crippen molar-refractivity contribution in [3.05, 3.63) is 65.0 Å². The fourth-order valence-electron chi connectivity index (χ4n) is 4.72. The second-order valence-electron chi connectivity index (χ2n) is 8.77. The van der Waals surface area contributed by atoms with Crippen molar-refractivity contribution in [1.29, 1.82) is 0 Å². The zero-order chi connectivity index (χ0) is 23.7. The molecule has 33 heavy (non-hydrogen) atoms. The number of carbonyl (C=O) groups is 4. The maximum absolute atomic E-state index is 12.7. The number of esters is 1. The van der Waals surface area contributed by atoms with Gasteiger partial charge in [-0.05, 0) is 51.8 Å². The molecular weight excluding hydrogens is 420 g/mol.